The summed E-state index contributed by atoms with van der Waals surface area (Å²) in [5.74, 6) is 1.26. The summed E-state index contributed by atoms with van der Waals surface area (Å²) >= 11 is 0. The third-order valence-electron chi connectivity index (χ3n) is 6.51. The molecular weight excluding hydrogens is 388 g/mol. The fourth-order valence-electron chi connectivity index (χ4n) is 4.40. The van der Waals surface area contributed by atoms with Gasteiger partial charge in [-0.1, -0.05) is 6.07 Å². The molecule has 2 aliphatic heterocycles. The van der Waals surface area contributed by atoms with Crippen LogP contribution >= 0.6 is 0 Å². The van der Waals surface area contributed by atoms with Crippen molar-refractivity contribution in [2.75, 3.05) is 64.8 Å². The Hall–Kier alpha value is -2.28. The van der Waals surface area contributed by atoms with Crippen molar-refractivity contribution in [3.8, 4) is 0 Å². The molecule has 0 aromatic heterocycles. The highest BCUT2D eigenvalue weighted by Gasteiger charge is 2.30. The Balaban J connectivity index is 1.59. The second kappa shape index (κ2) is 10.8. The highest BCUT2D eigenvalue weighted by atomic mass is 16.2. The first kappa shape index (κ1) is 23.4. The molecule has 1 N–H and O–H groups in total. The lowest BCUT2D eigenvalue weighted by Crippen LogP contribution is -2.57. The largest absolute Gasteiger partial charge is 0.378 e. The van der Waals surface area contributed by atoms with Gasteiger partial charge in [0.15, 0.2) is 5.96 Å². The summed E-state index contributed by atoms with van der Waals surface area (Å²) in [6.07, 6.45) is 2.29. The lowest BCUT2D eigenvalue weighted by molar-refractivity contribution is -0.135. The lowest BCUT2D eigenvalue weighted by atomic mass is 10.1. The van der Waals surface area contributed by atoms with Crippen LogP contribution in [0.4, 0.5) is 5.69 Å². The number of nitrogens with one attached hydrogen (secondary N) is 1. The fourth-order valence-corrected chi connectivity index (χ4v) is 4.40. The molecule has 0 spiro atoms. The van der Waals surface area contributed by atoms with Gasteiger partial charge in [0, 0.05) is 65.6 Å². The molecule has 1 unspecified atom stereocenters. The first-order valence-corrected chi connectivity index (χ1v) is 11.7. The summed E-state index contributed by atoms with van der Waals surface area (Å²) in [5.41, 5.74) is 3.74. The molecule has 2 heterocycles. The monoisotopic (exact) mass is 428 g/mol. The number of aryl methyl sites for hydroxylation is 1. The van der Waals surface area contributed by atoms with E-state index in [1.54, 1.807) is 0 Å². The van der Waals surface area contributed by atoms with E-state index in [1.807, 2.05) is 4.90 Å². The van der Waals surface area contributed by atoms with Gasteiger partial charge in [0.25, 0.3) is 0 Å². The number of carbonyl (C=O) groups is 1. The maximum Gasteiger partial charge on any atom is 0.239 e. The molecule has 172 valence electrons. The van der Waals surface area contributed by atoms with Crippen LogP contribution in [0.2, 0.25) is 0 Å². The number of amides is 1. The van der Waals surface area contributed by atoms with Gasteiger partial charge in [-0.25, -0.2) is 4.99 Å². The van der Waals surface area contributed by atoms with Crippen molar-refractivity contribution in [3.05, 3.63) is 29.3 Å². The molecule has 2 saturated heterocycles. The number of benzene rings is 1. The minimum absolute atomic E-state index is 0.0300. The van der Waals surface area contributed by atoms with Crippen LogP contribution in [0, 0.1) is 6.92 Å². The Morgan fingerprint density at radius 1 is 1.10 bits per heavy atom. The molecule has 2 fully saturated rings. The third kappa shape index (κ3) is 5.91. The van der Waals surface area contributed by atoms with E-state index in [0.29, 0.717) is 12.5 Å². The molecule has 2 aliphatic rings. The van der Waals surface area contributed by atoms with E-state index in [0.717, 1.165) is 64.6 Å². The van der Waals surface area contributed by atoms with Crippen molar-refractivity contribution in [2.24, 2.45) is 4.99 Å². The van der Waals surface area contributed by atoms with Gasteiger partial charge in [-0.2, -0.15) is 0 Å². The number of piperazine rings is 1. The van der Waals surface area contributed by atoms with E-state index in [4.69, 9.17) is 4.99 Å². The molecule has 1 aromatic rings. The van der Waals surface area contributed by atoms with Gasteiger partial charge in [-0.3, -0.25) is 9.69 Å². The predicted molar refractivity (Wildman–Crippen MR) is 129 cm³/mol. The van der Waals surface area contributed by atoms with E-state index >= 15 is 0 Å². The van der Waals surface area contributed by atoms with E-state index in [2.05, 4.69) is 73.1 Å². The number of carbonyl (C=O) groups excluding carboxylic acids is 1. The molecule has 0 bridgehead atoms. The Labute approximate surface area is 188 Å². The highest BCUT2D eigenvalue weighted by molar-refractivity contribution is 5.82. The number of hydrogen-bond acceptors (Lipinski definition) is 4. The normalized spacial score (nSPS) is 18.9. The zero-order chi connectivity index (χ0) is 22.4. The molecule has 1 aromatic carbocycles. The number of rotatable bonds is 6. The standard InChI is InChI=1S/C24H40N6O/c1-6-25-24(26-18-21-9-10-22(27(4)5)17-19(21)2)30-15-13-28(14-16-30)20(3)23(31)29-11-7-8-12-29/h9-10,17,20H,6-8,11-16,18H2,1-5H3,(H,25,26). The van der Waals surface area contributed by atoms with Crippen LogP contribution in [0.1, 0.15) is 37.8 Å². The Morgan fingerprint density at radius 2 is 1.77 bits per heavy atom. The number of aliphatic imine (C=N–C) groups is 1. The first-order valence-electron chi connectivity index (χ1n) is 11.7. The molecule has 1 atom stereocenters. The summed E-state index contributed by atoms with van der Waals surface area (Å²) in [7, 11) is 4.13. The molecular formula is C24H40N6O. The van der Waals surface area contributed by atoms with Crippen molar-refractivity contribution in [3.63, 3.8) is 0 Å². The zero-order valence-corrected chi connectivity index (χ0v) is 20.0. The first-order chi connectivity index (χ1) is 14.9. The zero-order valence-electron chi connectivity index (χ0n) is 20.0. The molecule has 31 heavy (non-hydrogen) atoms. The van der Waals surface area contributed by atoms with Crippen molar-refractivity contribution >= 4 is 17.6 Å². The minimum atomic E-state index is -0.0300. The maximum absolute atomic E-state index is 12.8. The van der Waals surface area contributed by atoms with Gasteiger partial charge < -0.3 is 20.0 Å². The van der Waals surface area contributed by atoms with Gasteiger partial charge in [0.05, 0.1) is 12.6 Å². The summed E-state index contributed by atoms with van der Waals surface area (Å²) in [6.45, 7) is 13.3. The topological polar surface area (TPSA) is 54.4 Å². The number of guanidine groups is 1. The van der Waals surface area contributed by atoms with E-state index in [9.17, 15) is 4.79 Å². The predicted octanol–water partition coefficient (Wildman–Crippen LogP) is 2.16. The van der Waals surface area contributed by atoms with Gasteiger partial charge in [0.1, 0.15) is 0 Å². The van der Waals surface area contributed by atoms with Gasteiger partial charge in [-0.05, 0) is 56.9 Å². The van der Waals surface area contributed by atoms with Crippen molar-refractivity contribution in [1.29, 1.82) is 0 Å². The van der Waals surface area contributed by atoms with Crippen LogP contribution in [-0.4, -0.2) is 92.5 Å². The summed E-state index contributed by atoms with van der Waals surface area (Å²) in [5, 5.41) is 3.46. The quantitative estimate of drug-likeness (QED) is 0.556. The number of anilines is 1. The van der Waals surface area contributed by atoms with Crippen LogP contribution in [0.5, 0.6) is 0 Å². The van der Waals surface area contributed by atoms with Crippen molar-refractivity contribution < 1.29 is 4.79 Å². The van der Waals surface area contributed by atoms with Gasteiger partial charge in [-0.15, -0.1) is 0 Å². The average Bonchev–Trinajstić information content (AvgIpc) is 3.31. The van der Waals surface area contributed by atoms with E-state index in [-0.39, 0.29) is 6.04 Å². The second-order valence-electron chi connectivity index (χ2n) is 8.91. The van der Waals surface area contributed by atoms with Crippen LogP contribution in [0.25, 0.3) is 0 Å². The van der Waals surface area contributed by atoms with Crippen molar-refractivity contribution in [1.82, 2.24) is 20.0 Å². The smallest absolute Gasteiger partial charge is 0.239 e. The molecule has 0 aliphatic carbocycles. The van der Waals surface area contributed by atoms with Crippen LogP contribution < -0.4 is 10.2 Å². The summed E-state index contributed by atoms with van der Waals surface area (Å²) < 4.78 is 0. The van der Waals surface area contributed by atoms with Crippen LogP contribution in [0.3, 0.4) is 0 Å². The average molecular weight is 429 g/mol. The molecule has 3 rings (SSSR count). The summed E-state index contributed by atoms with van der Waals surface area (Å²) in [6, 6.07) is 6.52. The molecule has 7 heteroatoms. The molecule has 1 amide bonds. The van der Waals surface area contributed by atoms with Crippen LogP contribution in [-0.2, 0) is 11.3 Å². The number of nitrogens with zero attached hydrogens (tertiary/aromatic N) is 5. The second-order valence-corrected chi connectivity index (χ2v) is 8.91. The maximum atomic E-state index is 12.8. The highest BCUT2D eigenvalue weighted by Crippen LogP contribution is 2.18. The van der Waals surface area contributed by atoms with Crippen molar-refractivity contribution in [2.45, 2.75) is 46.2 Å². The number of likely N-dealkylation sites (tertiary alicyclic amines) is 1. The Bertz CT molecular complexity index is 763. The third-order valence-corrected chi connectivity index (χ3v) is 6.51. The SMILES string of the molecule is CCNC(=NCc1ccc(N(C)C)cc1C)N1CCN(C(C)C(=O)N2CCCC2)CC1. The lowest BCUT2D eigenvalue weighted by Gasteiger charge is -2.39. The Kier molecular flexibility index (Phi) is 8.18. The van der Waals surface area contributed by atoms with Gasteiger partial charge >= 0.3 is 0 Å². The molecule has 7 nitrogen and oxygen atoms in total. The minimum Gasteiger partial charge on any atom is -0.378 e. The number of hydrogen-bond donors (Lipinski definition) is 1. The Morgan fingerprint density at radius 3 is 2.35 bits per heavy atom. The van der Waals surface area contributed by atoms with E-state index < -0.39 is 0 Å². The fraction of sp³-hybridized carbons (Fsp3) is 0.667. The summed E-state index contributed by atoms with van der Waals surface area (Å²) in [4.78, 5) is 26.5. The molecule has 0 radical (unpaired) electrons. The van der Waals surface area contributed by atoms with Gasteiger partial charge in [0.2, 0.25) is 5.91 Å². The molecule has 0 saturated carbocycles. The van der Waals surface area contributed by atoms with Crippen LogP contribution in [0.15, 0.2) is 23.2 Å². The van der Waals surface area contributed by atoms with E-state index in [1.165, 1.54) is 16.8 Å².